The van der Waals surface area contributed by atoms with E-state index < -0.39 is 0 Å². The zero-order valence-electron chi connectivity index (χ0n) is 14.2. The van der Waals surface area contributed by atoms with Gasteiger partial charge in [-0.25, -0.2) is 0 Å². The molecule has 0 bridgehead atoms. The van der Waals surface area contributed by atoms with Crippen molar-refractivity contribution in [3.05, 3.63) is 35.9 Å². The number of carbonyl (C=O) groups is 1. The lowest BCUT2D eigenvalue weighted by atomic mass is 9.89. The maximum atomic E-state index is 12.2. The van der Waals surface area contributed by atoms with Crippen LogP contribution < -0.4 is 5.32 Å². The van der Waals surface area contributed by atoms with Crippen molar-refractivity contribution in [3.63, 3.8) is 0 Å². The Morgan fingerprint density at radius 2 is 1.86 bits per heavy atom. The van der Waals surface area contributed by atoms with Gasteiger partial charge in [0.2, 0.25) is 5.91 Å². The summed E-state index contributed by atoms with van der Waals surface area (Å²) in [4.78, 5) is 14.6. The van der Waals surface area contributed by atoms with Crippen LogP contribution in [-0.2, 0) is 11.2 Å². The van der Waals surface area contributed by atoms with Gasteiger partial charge in [0.15, 0.2) is 0 Å². The molecule has 3 nitrogen and oxygen atoms in total. The summed E-state index contributed by atoms with van der Waals surface area (Å²) in [5.41, 5.74) is 1.43. The molecule has 1 aromatic carbocycles. The molecule has 1 fully saturated rings. The first kappa shape index (κ1) is 17.0. The summed E-state index contributed by atoms with van der Waals surface area (Å²) < 4.78 is 0. The van der Waals surface area contributed by atoms with Gasteiger partial charge in [0, 0.05) is 6.04 Å². The van der Waals surface area contributed by atoms with Crippen molar-refractivity contribution in [2.45, 2.75) is 58.5 Å². The Balaban J connectivity index is 1.77. The molecule has 3 heteroatoms. The summed E-state index contributed by atoms with van der Waals surface area (Å²) in [7, 11) is 0. The van der Waals surface area contributed by atoms with E-state index in [9.17, 15) is 4.79 Å². The molecule has 2 rings (SSSR count). The van der Waals surface area contributed by atoms with E-state index in [1.807, 2.05) is 6.92 Å². The van der Waals surface area contributed by atoms with Crippen molar-refractivity contribution < 1.29 is 4.79 Å². The quantitative estimate of drug-likeness (QED) is 0.875. The molecule has 1 heterocycles. The SMILES string of the molecule is CC[C@@H](C)NC(=O)[C@H](C)N1CCC(Cc2ccccc2)CC1. The Bertz CT molecular complexity index is 452. The van der Waals surface area contributed by atoms with Gasteiger partial charge in [-0.15, -0.1) is 0 Å². The second-order valence-electron chi connectivity index (χ2n) is 6.66. The van der Waals surface area contributed by atoms with Crippen molar-refractivity contribution >= 4 is 5.91 Å². The number of hydrogen-bond donors (Lipinski definition) is 1. The van der Waals surface area contributed by atoms with Crippen LogP contribution >= 0.6 is 0 Å². The summed E-state index contributed by atoms with van der Waals surface area (Å²) in [5.74, 6) is 0.930. The number of hydrogen-bond acceptors (Lipinski definition) is 2. The first-order valence-corrected chi connectivity index (χ1v) is 8.68. The number of nitrogens with zero attached hydrogens (tertiary/aromatic N) is 1. The minimum absolute atomic E-state index is 0.00771. The van der Waals surface area contributed by atoms with Gasteiger partial charge >= 0.3 is 0 Å². The van der Waals surface area contributed by atoms with E-state index in [-0.39, 0.29) is 18.0 Å². The van der Waals surface area contributed by atoms with Crippen LogP contribution in [0.4, 0.5) is 0 Å². The number of rotatable bonds is 6. The van der Waals surface area contributed by atoms with Crippen LogP contribution in [0.1, 0.15) is 45.6 Å². The van der Waals surface area contributed by atoms with Crippen molar-refractivity contribution in [1.29, 1.82) is 0 Å². The van der Waals surface area contributed by atoms with Gasteiger partial charge in [-0.1, -0.05) is 37.3 Å². The fraction of sp³-hybridized carbons (Fsp3) is 0.632. The maximum Gasteiger partial charge on any atom is 0.237 e. The zero-order chi connectivity index (χ0) is 15.9. The molecule has 0 aromatic heterocycles. The minimum Gasteiger partial charge on any atom is -0.352 e. The first-order chi connectivity index (χ1) is 10.6. The van der Waals surface area contributed by atoms with Crippen LogP contribution in [0.5, 0.6) is 0 Å². The molecule has 1 aliphatic heterocycles. The summed E-state index contributed by atoms with van der Waals surface area (Å²) in [6.07, 6.45) is 4.53. The average Bonchev–Trinajstić information content (AvgIpc) is 2.55. The largest absolute Gasteiger partial charge is 0.352 e. The van der Waals surface area contributed by atoms with Gasteiger partial charge in [0.1, 0.15) is 0 Å². The van der Waals surface area contributed by atoms with Crippen molar-refractivity contribution in [2.75, 3.05) is 13.1 Å². The molecule has 22 heavy (non-hydrogen) atoms. The number of likely N-dealkylation sites (tertiary alicyclic amines) is 1. The fourth-order valence-electron chi connectivity index (χ4n) is 3.12. The summed E-state index contributed by atoms with van der Waals surface area (Å²) in [6, 6.07) is 11.0. The smallest absolute Gasteiger partial charge is 0.237 e. The second-order valence-corrected chi connectivity index (χ2v) is 6.66. The number of carbonyl (C=O) groups excluding carboxylic acids is 1. The molecular formula is C19H30N2O. The van der Waals surface area contributed by atoms with Gasteiger partial charge in [-0.05, 0) is 64.1 Å². The monoisotopic (exact) mass is 302 g/mol. The number of amides is 1. The standard InChI is InChI=1S/C19H30N2O/c1-4-15(2)20-19(22)16(3)21-12-10-18(11-13-21)14-17-8-6-5-7-9-17/h5-9,15-16,18H,4,10-14H2,1-3H3,(H,20,22)/t15-,16+/m1/s1. The molecule has 0 radical (unpaired) electrons. The molecule has 0 saturated carbocycles. The minimum atomic E-state index is -0.00771. The van der Waals surface area contributed by atoms with Crippen LogP contribution in [0.25, 0.3) is 0 Å². The molecule has 1 aliphatic rings. The molecule has 122 valence electrons. The van der Waals surface area contributed by atoms with Crippen molar-refractivity contribution in [2.24, 2.45) is 5.92 Å². The molecule has 0 unspecified atom stereocenters. The highest BCUT2D eigenvalue weighted by molar-refractivity contribution is 5.81. The lowest BCUT2D eigenvalue weighted by Crippen LogP contribution is -2.50. The second kappa shape index (κ2) is 8.33. The van der Waals surface area contributed by atoms with E-state index >= 15 is 0 Å². The van der Waals surface area contributed by atoms with Gasteiger partial charge in [0.05, 0.1) is 6.04 Å². The van der Waals surface area contributed by atoms with Gasteiger partial charge < -0.3 is 5.32 Å². The molecule has 1 saturated heterocycles. The number of nitrogens with one attached hydrogen (secondary N) is 1. The van der Waals surface area contributed by atoms with Crippen LogP contribution in [-0.4, -0.2) is 36.0 Å². The van der Waals surface area contributed by atoms with Gasteiger partial charge in [-0.3, -0.25) is 9.69 Å². The lowest BCUT2D eigenvalue weighted by molar-refractivity contribution is -0.127. The highest BCUT2D eigenvalue weighted by atomic mass is 16.2. The van der Waals surface area contributed by atoms with Crippen LogP contribution in [0.2, 0.25) is 0 Å². The number of piperidine rings is 1. The third-order valence-electron chi connectivity index (χ3n) is 4.94. The predicted octanol–water partition coefficient (Wildman–Crippen LogP) is 3.24. The summed E-state index contributed by atoms with van der Waals surface area (Å²) in [6.45, 7) is 8.27. The zero-order valence-corrected chi connectivity index (χ0v) is 14.2. The topological polar surface area (TPSA) is 32.3 Å². The van der Waals surface area contributed by atoms with Crippen LogP contribution in [0.15, 0.2) is 30.3 Å². The maximum absolute atomic E-state index is 12.2. The highest BCUT2D eigenvalue weighted by Gasteiger charge is 2.26. The fourth-order valence-corrected chi connectivity index (χ4v) is 3.12. The Morgan fingerprint density at radius 3 is 2.45 bits per heavy atom. The van der Waals surface area contributed by atoms with Gasteiger partial charge in [-0.2, -0.15) is 0 Å². The molecule has 0 aliphatic carbocycles. The number of benzene rings is 1. The lowest BCUT2D eigenvalue weighted by Gasteiger charge is -2.35. The van der Waals surface area contributed by atoms with E-state index in [0.29, 0.717) is 0 Å². The average molecular weight is 302 g/mol. The van der Waals surface area contributed by atoms with Gasteiger partial charge in [0.25, 0.3) is 0 Å². The molecule has 1 aromatic rings. The van der Waals surface area contributed by atoms with E-state index in [1.165, 1.54) is 24.8 Å². The van der Waals surface area contributed by atoms with Crippen molar-refractivity contribution in [3.8, 4) is 0 Å². The van der Waals surface area contributed by atoms with Crippen LogP contribution in [0.3, 0.4) is 0 Å². The third kappa shape index (κ3) is 4.84. The Morgan fingerprint density at radius 1 is 1.23 bits per heavy atom. The highest BCUT2D eigenvalue weighted by Crippen LogP contribution is 2.22. The molecule has 2 atom stereocenters. The summed E-state index contributed by atoms with van der Waals surface area (Å²) >= 11 is 0. The normalized spacial score (nSPS) is 19.6. The van der Waals surface area contributed by atoms with E-state index in [1.54, 1.807) is 0 Å². The molecule has 0 spiro atoms. The molecule has 1 amide bonds. The first-order valence-electron chi connectivity index (χ1n) is 8.68. The predicted molar refractivity (Wildman–Crippen MR) is 91.8 cm³/mol. The van der Waals surface area contributed by atoms with Crippen molar-refractivity contribution in [1.82, 2.24) is 10.2 Å². The Kier molecular flexibility index (Phi) is 6.44. The Labute approximate surface area is 135 Å². The van der Waals surface area contributed by atoms with E-state index in [2.05, 4.69) is 54.4 Å². The Hall–Kier alpha value is -1.35. The van der Waals surface area contributed by atoms with Crippen LogP contribution in [0, 0.1) is 5.92 Å². The van der Waals surface area contributed by atoms with E-state index in [0.717, 1.165) is 25.4 Å². The third-order valence-corrected chi connectivity index (χ3v) is 4.94. The van der Waals surface area contributed by atoms with E-state index in [4.69, 9.17) is 0 Å². The molecular weight excluding hydrogens is 272 g/mol. The molecule has 1 N–H and O–H groups in total. The summed E-state index contributed by atoms with van der Waals surface area (Å²) in [5, 5.41) is 3.10.